The van der Waals surface area contributed by atoms with Crippen molar-refractivity contribution in [3.8, 4) is 0 Å². The van der Waals surface area contributed by atoms with Crippen LogP contribution in [0.25, 0.3) is 0 Å². The van der Waals surface area contributed by atoms with Crippen LogP contribution in [0.5, 0.6) is 0 Å². The Balaban J connectivity index is 1.86. The molecule has 0 radical (unpaired) electrons. The zero-order chi connectivity index (χ0) is 13.7. The van der Waals surface area contributed by atoms with Crippen LogP contribution in [0.15, 0.2) is 0 Å². The molecular formula is C14H27N3O2. The first kappa shape index (κ1) is 14.6. The Morgan fingerprint density at radius 1 is 1.32 bits per heavy atom. The summed E-state index contributed by atoms with van der Waals surface area (Å²) in [5, 5.41) is 3.18. The second-order valence-electron chi connectivity index (χ2n) is 5.75. The summed E-state index contributed by atoms with van der Waals surface area (Å²) in [5.74, 6) is 0. The zero-order valence-corrected chi connectivity index (χ0v) is 11.9. The highest BCUT2D eigenvalue weighted by Crippen LogP contribution is 2.21. The van der Waals surface area contributed by atoms with Gasteiger partial charge in [0, 0.05) is 32.3 Å². The maximum atomic E-state index is 12.3. The molecule has 0 bridgehead atoms. The Bertz CT molecular complexity index is 292. The molecule has 1 heterocycles. The van der Waals surface area contributed by atoms with E-state index >= 15 is 0 Å². The van der Waals surface area contributed by atoms with Gasteiger partial charge in [-0.2, -0.15) is 0 Å². The van der Waals surface area contributed by atoms with E-state index in [0.29, 0.717) is 12.6 Å². The number of nitrogens with two attached hydrogens (primary N) is 1. The third-order valence-corrected chi connectivity index (χ3v) is 4.47. The highest BCUT2D eigenvalue weighted by atomic mass is 16.5. The third kappa shape index (κ3) is 3.83. The average molecular weight is 269 g/mol. The SMILES string of the molecule is COC1CCN(C(=O)NC2CCCCC2)C(CN)C1. The predicted molar refractivity (Wildman–Crippen MR) is 75.0 cm³/mol. The van der Waals surface area contributed by atoms with Crippen molar-refractivity contribution < 1.29 is 9.53 Å². The monoisotopic (exact) mass is 269 g/mol. The Morgan fingerprint density at radius 3 is 2.68 bits per heavy atom. The van der Waals surface area contributed by atoms with Crippen molar-refractivity contribution >= 4 is 6.03 Å². The molecule has 0 aromatic heterocycles. The molecule has 1 saturated heterocycles. The van der Waals surface area contributed by atoms with Crippen LogP contribution in [0.4, 0.5) is 4.79 Å². The molecule has 2 unspecified atom stereocenters. The van der Waals surface area contributed by atoms with Gasteiger partial charge >= 0.3 is 6.03 Å². The van der Waals surface area contributed by atoms with E-state index in [1.165, 1.54) is 19.3 Å². The normalized spacial score (nSPS) is 29.3. The standard InChI is InChI=1S/C14H27N3O2/c1-19-13-7-8-17(12(9-13)10-15)14(18)16-11-5-3-2-4-6-11/h11-13H,2-10,15H2,1H3,(H,16,18). The number of urea groups is 1. The van der Waals surface area contributed by atoms with Crippen LogP contribution in [0.1, 0.15) is 44.9 Å². The lowest BCUT2D eigenvalue weighted by Gasteiger charge is -2.39. The first-order valence-corrected chi connectivity index (χ1v) is 7.54. The summed E-state index contributed by atoms with van der Waals surface area (Å²) >= 11 is 0. The summed E-state index contributed by atoms with van der Waals surface area (Å²) < 4.78 is 5.39. The minimum atomic E-state index is 0.0666. The number of nitrogens with one attached hydrogen (secondary N) is 1. The first-order valence-electron chi connectivity index (χ1n) is 7.54. The molecule has 1 aliphatic heterocycles. The minimum Gasteiger partial charge on any atom is -0.381 e. The number of rotatable bonds is 3. The molecule has 5 heteroatoms. The van der Waals surface area contributed by atoms with Crippen LogP contribution in [0, 0.1) is 0 Å². The smallest absolute Gasteiger partial charge is 0.317 e. The van der Waals surface area contributed by atoms with Gasteiger partial charge in [-0.15, -0.1) is 0 Å². The number of methoxy groups -OCH3 is 1. The molecule has 110 valence electrons. The van der Waals surface area contributed by atoms with Gasteiger partial charge in [0.05, 0.1) is 6.10 Å². The Labute approximate surface area is 115 Å². The third-order valence-electron chi connectivity index (χ3n) is 4.47. The largest absolute Gasteiger partial charge is 0.381 e. The molecule has 0 spiro atoms. The van der Waals surface area contributed by atoms with Gasteiger partial charge in [0.2, 0.25) is 0 Å². The minimum absolute atomic E-state index is 0.0666. The van der Waals surface area contributed by atoms with Crippen LogP contribution < -0.4 is 11.1 Å². The number of hydrogen-bond donors (Lipinski definition) is 2. The molecule has 0 aromatic carbocycles. The van der Waals surface area contributed by atoms with E-state index < -0.39 is 0 Å². The Hall–Kier alpha value is -0.810. The highest BCUT2D eigenvalue weighted by Gasteiger charge is 2.31. The molecule has 5 nitrogen and oxygen atoms in total. The number of carbonyl (C=O) groups excluding carboxylic acids is 1. The van der Waals surface area contributed by atoms with Crippen LogP contribution >= 0.6 is 0 Å². The fourth-order valence-corrected chi connectivity index (χ4v) is 3.22. The van der Waals surface area contributed by atoms with E-state index in [-0.39, 0.29) is 18.2 Å². The number of piperidine rings is 1. The summed E-state index contributed by atoms with van der Waals surface area (Å²) in [6.45, 7) is 1.26. The van der Waals surface area contributed by atoms with E-state index in [0.717, 1.165) is 32.2 Å². The van der Waals surface area contributed by atoms with Crippen molar-refractivity contribution in [1.29, 1.82) is 0 Å². The predicted octanol–water partition coefficient (Wildman–Crippen LogP) is 1.47. The quantitative estimate of drug-likeness (QED) is 0.815. The van der Waals surface area contributed by atoms with Gasteiger partial charge in [-0.25, -0.2) is 4.79 Å². The molecule has 19 heavy (non-hydrogen) atoms. The fraction of sp³-hybridized carbons (Fsp3) is 0.929. The van der Waals surface area contributed by atoms with Gasteiger partial charge in [0.15, 0.2) is 0 Å². The molecule has 2 amide bonds. The first-order chi connectivity index (χ1) is 9.24. The molecule has 2 rings (SSSR count). The fourth-order valence-electron chi connectivity index (χ4n) is 3.22. The number of amides is 2. The average Bonchev–Trinajstić information content (AvgIpc) is 2.47. The molecule has 1 saturated carbocycles. The summed E-state index contributed by atoms with van der Waals surface area (Å²) in [7, 11) is 1.73. The van der Waals surface area contributed by atoms with E-state index in [1.54, 1.807) is 7.11 Å². The maximum absolute atomic E-state index is 12.3. The van der Waals surface area contributed by atoms with Crippen LogP contribution in [-0.2, 0) is 4.74 Å². The van der Waals surface area contributed by atoms with Gasteiger partial charge < -0.3 is 20.7 Å². The topological polar surface area (TPSA) is 67.6 Å². The summed E-state index contributed by atoms with van der Waals surface area (Å²) in [6, 6.07) is 0.541. The molecule has 2 aliphatic rings. The second kappa shape index (κ2) is 7.10. The summed E-state index contributed by atoms with van der Waals surface area (Å²) in [5.41, 5.74) is 5.80. The van der Waals surface area contributed by atoms with Crippen LogP contribution in [0.3, 0.4) is 0 Å². The lowest BCUT2D eigenvalue weighted by atomic mass is 9.95. The zero-order valence-electron chi connectivity index (χ0n) is 11.9. The van der Waals surface area contributed by atoms with Gasteiger partial charge in [-0.3, -0.25) is 0 Å². The van der Waals surface area contributed by atoms with Gasteiger partial charge in [-0.1, -0.05) is 19.3 Å². The number of nitrogens with zero attached hydrogens (tertiary/aromatic N) is 1. The van der Waals surface area contributed by atoms with Gasteiger partial charge in [0.25, 0.3) is 0 Å². The van der Waals surface area contributed by atoms with Crippen molar-refractivity contribution in [3.63, 3.8) is 0 Å². The Kier molecular flexibility index (Phi) is 5.45. The lowest BCUT2D eigenvalue weighted by molar-refractivity contribution is 0.0263. The highest BCUT2D eigenvalue weighted by molar-refractivity contribution is 5.75. The molecular weight excluding hydrogens is 242 g/mol. The van der Waals surface area contributed by atoms with Crippen molar-refractivity contribution in [1.82, 2.24) is 10.2 Å². The van der Waals surface area contributed by atoms with Crippen molar-refractivity contribution in [2.45, 2.75) is 63.1 Å². The molecule has 2 fully saturated rings. The van der Waals surface area contributed by atoms with Gasteiger partial charge in [0.1, 0.15) is 0 Å². The van der Waals surface area contributed by atoms with E-state index in [2.05, 4.69) is 5.32 Å². The van der Waals surface area contributed by atoms with Crippen molar-refractivity contribution in [3.05, 3.63) is 0 Å². The molecule has 2 atom stereocenters. The molecule has 3 N–H and O–H groups in total. The van der Waals surface area contributed by atoms with Crippen LogP contribution in [-0.4, -0.2) is 49.3 Å². The number of ether oxygens (including phenoxy) is 1. The van der Waals surface area contributed by atoms with E-state index in [4.69, 9.17) is 10.5 Å². The van der Waals surface area contributed by atoms with Crippen molar-refractivity contribution in [2.24, 2.45) is 5.73 Å². The van der Waals surface area contributed by atoms with Gasteiger partial charge in [-0.05, 0) is 25.7 Å². The summed E-state index contributed by atoms with van der Waals surface area (Å²) in [4.78, 5) is 14.3. The molecule has 1 aliphatic carbocycles. The lowest BCUT2D eigenvalue weighted by Crippen LogP contribution is -2.56. The molecule has 0 aromatic rings. The number of likely N-dealkylation sites (tertiary alicyclic amines) is 1. The van der Waals surface area contributed by atoms with E-state index in [1.807, 2.05) is 4.90 Å². The van der Waals surface area contributed by atoms with E-state index in [9.17, 15) is 4.79 Å². The number of hydrogen-bond acceptors (Lipinski definition) is 3. The summed E-state index contributed by atoms with van der Waals surface area (Å²) in [6.07, 6.45) is 8.01. The van der Waals surface area contributed by atoms with Crippen LogP contribution in [0.2, 0.25) is 0 Å². The maximum Gasteiger partial charge on any atom is 0.317 e. The number of carbonyl (C=O) groups is 1. The second-order valence-corrected chi connectivity index (χ2v) is 5.75. The Morgan fingerprint density at radius 2 is 2.05 bits per heavy atom. The van der Waals surface area contributed by atoms with Crippen molar-refractivity contribution in [2.75, 3.05) is 20.2 Å².